The highest BCUT2D eigenvalue weighted by molar-refractivity contribution is 7.93. The molecule has 1 aromatic heterocycles. The molecule has 1 fully saturated rings. The van der Waals surface area contributed by atoms with Crippen molar-refractivity contribution < 1.29 is 13.2 Å². The molecular formula is C17H22N4O3S2. The third kappa shape index (κ3) is 5.26. The van der Waals surface area contributed by atoms with Gasteiger partial charge in [0.1, 0.15) is 0 Å². The molecule has 1 aromatic carbocycles. The lowest BCUT2D eigenvalue weighted by molar-refractivity contribution is -0.116. The molecular weight excluding hydrogens is 372 g/mol. The molecule has 0 spiro atoms. The molecule has 26 heavy (non-hydrogen) atoms. The number of nitrogens with zero attached hydrogens (tertiary/aromatic N) is 1. The summed E-state index contributed by atoms with van der Waals surface area (Å²) >= 11 is 1.20. The fraction of sp³-hybridized carbons (Fsp3) is 0.412. The molecule has 1 saturated heterocycles. The highest BCUT2D eigenvalue weighted by Crippen LogP contribution is 2.21. The summed E-state index contributed by atoms with van der Waals surface area (Å²) in [5, 5.41) is 8.10. The van der Waals surface area contributed by atoms with Gasteiger partial charge in [0, 0.05) is 23.7 Å². The fourth-order valence-electron chi connectivity index (χ4n) is 2.92. The van der Waals surface area contributed by atoms with Gasteiger partial charge in [-0.2, -0.15) is 0 Å². The van der Waals surface area contributed by atoms with Gasteiger partial charge >= 0.3 is 0 Å². The number of hydrogen-bond donors (Lipinski definition) is 3. The van der Waals surface area contributed by atoms with Crippen molar-refractivity contribution in [2.24, 2.45) is 5.92 Å². The highest BCUT2D eigenvalue weighted by Gasteiger charge is 2.17. The number of sulfonamides is 1. The number of rotatable bonds is 7. The Morgan fingerprint density at radius 2 is 2.12 bits per heavy atom. The molecule has 3 N–H and O–H groups in total. The third-order valence-corrected chi connectivity index (χ3v) is 6.47. The van der Waals surface area contributed by atoms with Crippen molar-refractivity contribution in [2.45, 2.75) is 30.6 Å². The van der Waals surface area contributed by atoms with Crippen LogP contribution in [0.2, 0.25) is 0 Å². The van der Waals surface area contributed by atoms with E-state index < -0.39 is 10.0 Å². The number of piperidine rings is 1. The molecule has 2 aromatic rings. The van der Waals surface area contributed by atoms with E-state index >= 15 is 0 Å². The van der Waals surface area contributed by atoms with E-state index in [0.29, 0.717) is 23.2 Å². The summed E-state index contributed by atoms with van der Waals surface area (Å²) in [5.74, 6) is 0.488. The summed E-state index contributed by atoms with van der Waals surface area (Å²) < 4.78 is 27.2. The highest BCUT2D eigenvalue weighted by atomic mass is 32.2. The first-order valence-corrected chi connectivity index (χ1v) is 10.9. The summed E-state index contributed by atoms with van der Waals surface area (Å²) in [6.45, 7) is 2.02. The third-order valence-electron chi connectivity index (χ3n) is 4.32. The van der Waals surface area contributed by atoms with Crippen molar-refractivity contribution in [2.75, 3.05) is 23.1 Å². The van der Waals surface area contributed by atoms with E-state index in [9.17, 15) is 13.2 Å². The van der Waals surface area contributed by atoms with Gasteiger partial charge in [0.15, 0.2) is 5.13 Å². The molecule has 2 heterocycles. The molecule has 3 rings (SSSR count). The molecule has 0 atom stereocenters. The lowest BCUT2D eigenvalue weighted by Gasteiger charge is -2.22. The Balaban J connectivity index is 1.58. The topological polar surface area (TPSA) is 100 Å². The van der Waals surface area contributed by atoms with Crippen molar-refractivity contribution in [1.29, 1.82) is 0 Å². The van der Waals surface area contributed by atoms with E-state index in [1.165, 1.54) is 29.7 Å². The van der Waals surface area contributed by atoms with Crippen LogP contribution in [0.5, 0.6) is 0 Å². The largest absolute Gasteiger partial charge is 0.326 e. The fourth-order valence-corrected chi connectivity index (χ4v) is 4.75. The Labute approximate surface area is 157 Å². The second-order valence-corrected chi connectivity index (χ2v) is 8.83. The smallest absolute Gasteiger partial charge is 0.263 e. The number of anilines is 2. The maximum atomic E-state index is 12.4. The molecule has 1 aliphatic rings. The molecule has 0 saturated carbocycles. The van der Waals surface area contributed by atoms with Crippen LogP contribution in [0.15, 0.2) is 40.7 Å². The van der Waals surface area contributed by atoms with Crippen LogP contribution in [0.1, 0.15) is 25.7 Å². The van der Waals surface area contributed by atoms with Crippen molar-refractivity contribution in [3.05, 3.63) is 35.8 Å². The Bertz CT molecular complexity index is 831. The second-order valence-electron chi connectivity index (χ2n) is 6.25. The van der Waals surface area contributed by atoms with Gasteiger partial charge < -0.3 is 10.6 Å². The van der Waals surface area contributed by atoms with Crippen LogP contribution in [-0.2, 0) is 14.8 Å². The first-order valence-electron chi connectivity index (χ1n) is 8.56. The van der Waals surface area contributed by atoms with Crippen molar-refractivity contribution >= 4 is 38.1 Å². The SMILES string of the molecule is O=C(CCC1CCNCC1)Nc1cccc(S(=O)(=O)Nc2nccs2)c1. The zero-order valence-corrected chi connectivity index (χ0v) is 15.9. The van der Waals surface area contributed by atoms with Crippen LogP contribution in [0.25, 0.3) is 0 Å². The van der Waals surface area contributed by atoms with Crippen molar-refractivity contribution in [3.63, 3.8) is 0 Å². The number of hydrogen-bond acceptors (Lipinski definition) is 6. The minimum Gasteiger partial charge on any atom is -0.326 e. The van der Waals surface area contributed by atoms with E-state index in [0.717, 1.165) is 32.4 Å². The van der Waals surface area contributed by atoms with Gasteiger partial charge in [-0.05, 0) is 56.5 Å². The number of carbonyl (C=O) groups excluding carboxylic acids is 1. The average Bonchev–Trinajstić information content (AvgIpc) is 3.13. The summed E-state index contributed by atoms with van der Waals surface area (Å²) in [6.07, 6.45) is 5.03. The van der Waals surface area contributed by atoms with E-state index in [1.54, 1.807) is 17.5 Å². The summed E-state index contributed by atoms with van der Waals surface area (Å²) in [7, 11) is -3.73. The molecule has 1 amide bonds. The Morgan fingerprint density at radius 1 is 1.31 bits per heavy atom. The maximum Gasteiger partial charge on any atom is 0.263 e. The molecule has 0 bridgehead atoms. The normalized spacial score (nSPS) is 15.5. The summed E-state index contributed by atoms with van der Waals surface area (Å²) in [4.78, 5) is 16.2. The van der Waals surface area contributed by atoms with Gasteiger partial charge in [-0.3, -0.25) is 9.52 Å². The number of aromatic nitrogens is 1. The Kier molecular flexibility index (Phi) is 6.23. The predicted octanol–water partition coefficient (Wildman–Crippen LogP) is 2.66. The van der Waals surface area contributed by atoms with Gasteiger partial charge in [0.05, 0.1) is 4.90 Å². The van der Waals surface area contributed by atoms with Crippen LogP contribution in [0.4, 0.5) is 10.8 Å². The number of benzene rings is 1. The maximum absolute atomic E-state index is 12.4. The van der Waals surface area contributed by atoms with E-state index in [-0.39, 0.29) is 10.8 Å². The molecule has 0 unspecified atom stereocenters. The van der Waals surface area contributed by atoms with Gasteiger partial charge in [-0.15, -0.1) is 11.3 Å². The molecule has 0 radical (unpaired) electrons. The minimum atomic E-state index is -3.73. The van der Waals surface area contributed by atoms with Gasteiger partial charge in [-0.1, -0.05) is 6.07 Å². The number of nitrogens with one attached hydrogen (secondary N) is 3. The van der Waals surface area contributed by atoms with Gasteiger partial charge in [-0.25, -0.2) is 13.4 Å². The van der Waals surface area contributed by atoms with Gasteiger partial charge in [0.25, 0.3) is 10.0 Å². The van der Waals surface area contributed by atoms with E-state index in [1.807, 2.05) is 0 Å². The van der Waals surface area contributed by atoms with Crippen LogP contribution in [0.3, 0.4) is 0 Å². The molecule has 1 aliphatic heterocycles. The lowest BCUT2D eigenvalue weighted by atomic mass is 9.93. The van der Waals surface area contributed by atoms with E-state index in [4.69, 9.17) is 0 Å². The van der Waals surface area contributed by atoms with Crippen LogP contribution in [0, 0.1) is 5.92 Å². The monoisotopic (exact) mass is 394 g/mol. The first kappa shape index (κ1) is 18.8. The predicted molar refractivity (Wildman–Crippen MR) is 103 cm³/mol. The first-order chi connectivity index (χ1) is 12.5. The second kappa shape index (κ2) is 8.61. The standard InChI is InChI=1S/C17H22N4O3S2/c22-16(5-4-13-6-8-18-9-7-13)20-14-2-1-3-15(12-14)26(23,24)21-17-19-10-11-25-17/h1-3,10-13,18H,4-9H2,(H,19,21)(H,20,22). The van der Waals surface area contributed by atoms with Crippen LogP contribution in [-0.4, -0.2) is 32.4 Å². The average molecular weight is 395 g/mol. The van der Waals surface area contributed by atoms with Crippen LogP contribution < -0.4 is 15.4 Å². The minimum absolute atomic E-state index is 0.0869. The lowest BCUT2D eigenvalue weighted by Crippen LogP contribution is -2.28. The Morgan fingerprint density at radius 3 is 2.85 bits per heavy atom. The zero-order chi connectivity index (χ0) is 18.4. The molecule has 7 nitrogen and oxygen atoms in total. The zero-order valence-electron chi connectivity index (χ0n) is 14.3. The van der Waals surface area contributed by atoms with Crippen molar-refractivity contribution in [3.8, 4) is 0 Å². The molecule has 0 aliphatic carbocycles. The summed E-state index contributed by atoms with van der Waals surface area (Å²) in [5.41, 5.74) is 0.474. The van der Waals surface area contributed by atoms with E-state index in [2.05, 4.69) is 20.3 Å². The quantitative estimate of drug-likeness (QED) is 0.670. The number of amides is 1. The van der Waals surface area contributed by atoms with Gasteiger partial charge in [0.2, 0.25) is 5.91 Å². The molecule has 140 valence electrons. The summed E-state index contributed by atoms with van der Waals surface area (Å²) in [6, 6.07) is 6.24. The number of thiazole rings is 1. The molecule has 9 heteroatoms. The van der Waals surface area contributed by atoms with Crippen molar-refractivity contribution in [1.82, 2.24) is 10.3 Å². The number of carbonyl (C=O) groups is 1. The Hall–Kier alpha value is -1.97. The van der Waals surface area contributed by atoms with Crippen LogP contribution >= 0.6 is 11.3 Å².